The van der Waals surface area contributed by atoms with Gasteiger partial charge in [-0.3, -0.25) is 0 Å². The van der Waals surface area contributed by atoms with Crippen LogP contribution in [0.2, 0.25) is 0 Å². The molecule has 6 nitrogen and oxygen atoms in total. The van der Waals surface area contributed by atoms with E-state index in [0.717, 1.165) is 4.47 Å². The fourth-order valence-electron chi connectivity index (χ4n) is 1.33. The van der Waals surface area contributed by atoms with E-state index in [-0.39, 0.29) is 12.1 Å². The fourth-order valence-corrected chi connectivity index (χ4v) is 1.54. The number of anilines is 1. The Balaban J connectivity index is 2.48. The molecule has 112 valence electrons. The maximum atomic E-state index is 11.7. The quantitative estimate of drug-likeness (QED) is 0.877. The van der Waals surface area contributed by atoms with E-state index < -0.39 is 11.7 Å². The Morgan fingerprint density at radius 3 is 2.30 bits per heavy atom. The second kappa shape index (κ2) is 6.88. The number of nitrogens with zero attached hydrogens (tertiary/aromatic N) is 2. The summed E-state index contributed by atoms with van der Waals surface area (Å²) in [5.74, 6) is 0.513. The molecular weight excluding hydrogens is 324 g/mol. The van der Waals surface area contributed by atoms with Gasteiger partial charge in [-0.2, -0.15) is 0 Å². The van der Waals surface area contributed by atoms with Crippen LogP contribution in [0.4, 0.5) is 10.7 Å². The normalized spacial score (nSPS) is 14.3. The second-order valence-electron chi connectivity index (χ2n) is 5.59. The molecule has 0 spiro atoms. The van der Waals surface area contributed by atoms with Gasteiger partial charge in [-0.1, -0.05) is 0 Å². The number of halogens is 1. The molecule has 0 saturated heterocycles. The van der Waals surface area contributed by atoms with Crippen molar-refractivity contribution in [3.63, 3.8) is 0 Å². The van der Waals surface area contributed by atoms with Crippen LogP contribution in [0.25, 0.3) is 0 Å². The minimum absolute atomic E-state index is 0.0382. The Bertz CT molecular complexity index is 445. The van der Waals surface area contributed by atoms with E-state index in [0.29, 0.717) is 5.95 Å². The summed E-state index contributed by atoms with van der Waals surface area (Å²) < 4.78 is 6.02. The number of rotatable bonds is 4. The lowest BCUT2D eigenvalue weighted by molar-refractivity contribution is 0.0504. The SMILES string of the molecule is CC(NC(=O)OC(C)(C)C)C(C)Nc1ncc(Br)cn1. The Morgan fingerprint density at radius 1 is 1.25 bits per heavy atom. The molecule has 0 bridgehead atoms. The Kier molecular flexibility index (Phi) is 5.74. The third kappa shape index (κ3) is 6.18. The summed E-state index contributed by atoms with van der Waals surface area (Å²) >= 11 is 3.27. The molecule has 1 rings (SSSR count). The van der Waals surface area contributed by atoms with E-state index in [2.05, 4.69) is 36.5 Å². The average Bonchev–Trinajstić information content (AvgIpc) is 2.29. The van der Waals surface area contributed by atoms with E-state index in [4.69, 9.17) is 4.74 Å². The van der Waals surface area contributed by atoms with E-state index >= 15 is 0 Å². The molecule has 0 aliphatic heterocycles. The molecule has 1 aromatic heterocycles. The maximum absolute atomic E-state index is 11.7. The van der Waals surface area contributed by atoms with Crippen LogP contribution in [0, 0.1) is 0 Å². The average molecular weight is 345 g/mol. The molecule has 0 saturated carbocycles. The van der Waals surface area contributed by atoms with Crippen molar-refractivity contribution in [2.24, 2.45) is 0 Å². The molecular formula is C13H21BrN4O2. The lowest BCUT2D eigenvalue weighted by Gasteiger charge is -2.25. The van der Waals surface area contributed by atoms with Gasteiger partial charge in [0.15, 0.2) is 0 Å². The van der Waals surface area contributed by atoms with Crippen LogP contribution in [-0.2, 0) is 4.74 Å². The van der Waals surface area contributed by atoms with Crippen molar-refractivity contribution in [2.45, 2.75) is 52.3 Å². The van der Waals surface area contributed by atoms with Crippen molar-refractivity contribution in [2.75, 3.05) is 5.32 Å². The Labute approximate surface area is 127 Å². The zero-order chi connectivity index (χ0) is 15.3. The monoisotopic (exact) mass is 344 g/mol. The molecule has 0 aliphatic rings. The van der Waals surface area contributed by atoms with E-state index in [1.54, 1.807) is 12.4 Å². The van der Waals surface area contributed by atoms with Crippen LogP contribution >= 0.6 is 15.9 Å². The Hall–Kier alpha value is -1.37. The van der Waals surface area contributed by atoms with Crippen molar-refractivity contribution in [3.05, 3.63) is 16.9 Å². The number of ether oxygens (including phenoxy) is 1. The molecule has 0 radical (unpaired) electrons. The summed E-state index contributed by atoms with van der Waals surface area (Å²) in [4.78, 5) is 19.9. The van der Waals surface area contributed by atoms with Gasteiger partial charge in [-0.15, -0.1) is 0 Å². The van der Waals surface area contributed by atoms with Crippen molar-refractivity contribution in [3.8, 4) is 0 Å². The molecule has 1 aromatic rings. The van der Waals surface area contributed by atoms with Crippen molar-refractivity contribution in [1.29, 1.82) is 0 Å². The van der Waals surface area contributed by atoms with Gasteiger partial charge in [-0.05, 0) is 50.5 Å². The molecule has 2 unspecified atom stereocenters. The van der Waals surface area contributed by atoms with Gasteiger partial charge in [0, 0.05) is 24.5 Å². The van der Waals surface area contributed by atoms with Crippen molar-refractivity contribution in [1.82, 2.24) is 15.3 Å². The lowest BCUT2D eigenvalue weighted by Crippen LogP contribution is -2.45. The summed E-state index contributed by atoms with van der Waals surface area (Å²) in [5, 5.41) is 5.90. The van der Waals surface area contributed by atoms with Gasteiger partial charge in [0.2, 0.25) is 5.95 Å². The van der Waals surface area contributed by atoms with E-state index in [9.17, 15) is 4.79 Å². The van der Waals surface area contributed by atoms with Crippen molar-refractivity contribution < 1.29 is 9.53 Å². The van der Waals surface area contributed by atoms with Crippen LogP contribution in [0.3, 0.4) is 0 Å². The van der Waals surface area contributed by atoms with E-state index in [1.807, 2.05) is 34.6 Å². The predicted octanol–water partition coefficient (Wildman–Crippen LogP) is 2.95. The van der Waals surface area contributed by atoms with Crippen LogP contribution in [0.5, 0.6) is 0 Å². The summed E-state index contributed by atoms with van der Waals surface area (Å²) in [6.45, 7) is 9.31. The molecule has 2 N–H and O–H groups in total. The summed E-state index contributed by atoms with van der Waals surface area (Å²) in [7, 11) is 0. The molecule has 0 aliphatic carbocycles. The molecule has 7 heteroatoms. The summed E-state index contributed by atoms with van der Waals surface area (Å²) in [6.07, 6.45) is 2.89. The first-order chi connectivity index (χ1) is 9.17. The standard InChI is InChI=1S/C13H21BrN4O2/c1-8(17-11-15-6-10(14)7-16-11)9(2)18-12(19)20-13(3,4)5/h6-9H,1-5H3,(H,18,19)(H,15,16,17). The highest BCUT2D eigenvalue weighted by atomic mass is 79.9. The number of alkyl carbamates (subject to hydrolysis) is 1. The van der Waals surface area contributed by atoms with Crippen LogP contribution < -0.4 is 10.6 Å². The topological polar surface area (TPSA) is 76.1 Å². The first-order valence-electron chi connectivity index (χ1n) is 6.41. The number of carbonyl (C=O) groups excluding carboxylic acids is 1. The van der Waals surface area contributed by atoms with Gasteiger partial charge >= 0.3 is 6.09 Å². The zero-order valence-corrected chi connectivity index (χ0v) is 14.0. The smallest absolute Gasteiger partial charge is 0.407 e. The number of nitrogens with one attached hydrogen (secondary N) is 2. The maximum Gasteiger partial charge on any atom is 0.407 e. The lowest BCUT2D eigenvalue weighted by atomic mass is 10.2. The third-order valence-electron chi connectivity index (χ3n) is 2.47. The number of hydrogen-bond acceptors (Lipinski definition) is 5. The highest BCUT2D eigenvalue weighted by Gasteiger charge is 2.20. The minimum atomic E-state index is -0.505. The van der Waals surface area contributed by atoms with Gasteiger partial charge in [0.05, 0.1) is 4.47 Å². The van der Waals surface area contributed by atoms with Crippen LogP contribution in [0.15, 0.2) is 16.9 Å². The number of carbonyl (C=O) groups is 1. The number of aromatic nitrogens is 2. The zero-order valence-electron chi connectivity index (χ0n) is 12.4. The molecule has 0 fully saturated rings. The van der Waals surface area contributed by atoms with Crippen LogP contribution in [-0.4, -0.2) is 33.7 Å². The molecule has 1 amide bonds. The highest BCUT2D eigenvalue weighted by Crippen LogP contribution is 2.10. The molecule has 1 heterocycles. The largest absolute Gasteiger partial charge is 0.444 e. The molecule has 20 heavy (non-hydrogen) atoms. The Morgan fingerprint density at radius 2 is 1.80 bits per heavy atom. The second-order valence-corrected chi connectivity index (χ2v) is 6.51. The first kappa shape index (κ1) is 16.7. The number of hydrogen-bond donors (Lipinski definition) is 2. The minimum Gasteiger partial charge on any atom is -0.444 e. The van der Waals surface area contributed by atoms with Crippen LogP contribution in [0.1, 0.15) is 34.6 Å². The number of amides is 1. The van der Waals surface area contributed by atoms with Gasteiger partial charge in [0.1, 0.15) is 5.60 Å². The fraction of sp³-hybridized carbons (Fsp3) is 0.615. The molecule has 0 aromatic carbocycles. The van der Waals surface area contributed by atoms with Gasteiger partial charge in [0.25, 0.3) is 0 Å². The van der Waals surface area contributed by atoms with E-state index in [1.165, 1.54) is 0 Å². The molecule has 2 atom stereocenters. The predicted molar refractivity (Wildman–Crippen MR) is 81.6 cm³/mol. The summed E-state index contributed by atoms with van der Waals surface area (Å²) in [6, 6.07) is -0.166. The van der Waals surface area contributed by atoms with Crippen molar-refractivity contribution >= 4 is 28.0 Å². The van der Waals surface area contributed by atoms with Gasteiger partial charge in [-0.25, -0.2) is 14.8 Å². The summed E-state index contributed by atoms with van der Waals surface area (Å²) in [5.41, 5.74) is -0.505. The third-order valence-corrected chi connectivity index (χ3v) is 2.88. The highest BCUT2D eigenvalue weighted by molar-refractivity contribution is 9.10. The van der Waals surface area contributed by atoms with Gasteiger partial charge < -0.3 is 15.4 Å². The first-order valence-corrected chi connectivity index (χ1v) is 7.20.